The minimum atomic E-state index is -1.09. The third kappa shape index (κ3) is 10.2. The number of nitrogens with zero attached hydrogens (tertiary/aromatic N) is 2. The van der Waals surface area contributed by atoms with E-state index in [0.29, 0.717) is 12.3 Å². The number of hydrogen-bond acceptors (Lipinski definition) is 5. The van der Waals surface area contributed by atoms with Gasteiger partial charge in [-0.3, -0.25) is 20.2 Å². The van der Waals surface area contributed by atoms with Crippen molar-refractivity contribution in [2.75, 3.05) is 6.54 Å². The van der Waals surface area contributed by atoms with Crippen LogP contribution in [-0.4, -0.2) is 33.6 Å². The molecule has 0 saturated carbocycles. The molecule has 1 N–H and O–H groups in total. The molecule has 0 aliphatic carbocycles. The van der Waals surface area contributed by atoms with Crippen molar-refractivity contribution in [2.24, 2.45) is 5.92 Å². The van der Waals surface area contributed by atoms with E-state index < -0.39 is 23.6 Å². The minimum absolute atomic E-state index is 0.110. The summed E-state index contributed by atoms with van der Waals surface area (Å²) in [6.07, 6.45) is 4.91. The number of unbranched alkanes of at least 4 members (excludes halogenated alkanes) is 1. The van der Waals surface area contributed by atoms with E-state index in [2.05, 4.69) is 13.8 Å². The van der Waals surface area contributed by atoms with Crippen molar-refractivity contribution >= 4 is 0 Å². The molecule has 0 bridgehead atoms. The van der Waals surface area contributed by atoms with Crippen LogP contribution in [0.3, 0.4) is 0 Å². The van der Waals surface area contributed by atoms with Crippen LogP contribution in [0.1, 0.15) is 65.2 Å². The molecule has 0 aromatic heterocycles. The molecule has 124 valence electrons. The molecule has 7 heteroatoms. The van der Waals surface area contributed by atoms with Crippen LogP contribution >= 0.6 is 0 Å². The van der Waals surface area contributed by atoms with Gasteiger partial charge in [0.05, 0.1) is 0 Å². The smallest absolute Gasteiger partial charge is 0.229 e. The monoisotopic (exact) mass is 304 g/mol. The molecule has 21 heavy (non-hydrogen) atoms. The molecule has 0 amide bonds. The van der Waals surface area contributed by atoms with Gasteiger partial charge in [-0.25, -0.2) is 0 Å². The summed E-state index contributed by atoms with van der Waals surface area (Å²) in [5.74, 6) is 0.510. The third-order valence-corrected chi connectivity index (χ3v) is 3.94. The summed E-state index contributed by atoms with van der Waals surface area (Å²) < 4.78 is 0. The summed E-state index contributed by atoms with van der Waals surface area (Å²) in [5, 5.41) is 30.7. The highest BCUT2D eigenvalue weighted by Crippen LogP contribution is 2.21. The van der Waals surface area contributed by atoms with Crippen molar-refractivity contribution < 1.29 is 15.0 Å². The Balaban J connectivity index is 4.17. The highest BCUT2D eigenvalue weighted by atomic mass is 16.6. The van der Waals surface area contributed by atoms with Gasteiger partial charge in [-0.2, -0.15) is 0 Å². The zero-order chi connectivity index (χ0) is 16.3. The molecule has 0 aliphatic heterocycles. The molecule has 0 rings (SSSR count). The highest BCUT2D eigenvalue weighted by molar-refractivity contribution is 4.66. The number of rotatable bonds is 13. The molecule has 0 aromatic carbocycles. The molecule has 0 aliphatic rings. The fourth-order valence-corrected chi connectivity index (χ4v) is 2.48. The van der Waals surface area contributed by atoms with Crippen LogP contribution in [-0.2, 0) is 0 Å². The van der Waals surface area contributed by atoms with Crippen LogP contribution in [0, 0.1) is 26.1 Å². The Morgan fingerprint density at radius 3 is 2.10 bits per heavy atom. The summed E-state index contributed by atoms with van der Waals surface area (Å²) in [6.45, 7) is 3.68. The first-order valence-electron chi connectivity index (χ1n) is 7.83. The predicted octanol–water partition coefficient (Wildman–Crippen LogP) is 3.05. The van der Waals surface area contributed by atoms with Crippen molar-refractivity contribution in [2.45, 2.75) is 77.4 Å². The third-order valence-electron chi connectivity index (χ3n) is 3.94. The van der Waals surface area contributed by atoms with Crippen LogP contribution in [0.5, 0.6) is 0 Å². The molecule has 0 spiro atoms. The molecule has 3 atom stereocenters. The molecule has 0 heterocycles. The van der Waals surface area contributed by atoms with Crippen molar-refractivity contribution in [1.29, 1.82) is 0 Å². The second-order valence-corrected chi connectivity index (χ2v) is 5.68. The van der Waals surface area contributed by atoms with Gasteiger partial charge in [-0.05, 0) is 18.8 Å². The first-order valence-corrected chi connectivity index (χ1v) is 7.83. The van der Waals surface area contributed by atoms with Gasteiger partial charge >= 0.3 is 0 Å². The van der Waals surface area contributed by atoms with E-state index in [4.69, 9.17) is 0 Å². The Labute approximate surface area is 126 Å². The van der Waals surface area contributed by atoms with E-state index in [9.17, 15) is 25.3 Å². The maximum atomic E-state index is 11.0. The number of nitro groups is 2. The van der Waals surface area contributed by atoms with E-state index in [0.717, 1.165) is 32.1 Å². The van der Waals surface area contributed by atoms with Gasteiger partial charge in [-0.1, -0.05) is 39.5 Å². The zero-order valence-corrected chi connectivity index (χ0v) is 13.1. The highest BCUT2D eigenvalue weighted by Gasteiger charge is 2.24. The maximum Gasteiger partial charge on any atom is 0.229 e. The fraction of sp³-hybridized carbons (Fsp3) is 1.00. The lowest BCUT2D eigenvalue weighted by Crippen LogP contribution is -2.25. The van der Waals surface area contributed by atoms with Crippen LogP contribution in [0.15, 0.2) is 0 Å². The maximum absolute atomic E-state index is 11.0. The molecular formula is C14H28N2O5. The van der Waals surface area contributed by atoms with Gasteiger partial charge < -0.3 is 5.11 Å². The Morgan fingerprint density at radius 2 is 1.62 bits per heavy atom. The molecule has 3 unspecified atom stereocenters. The lowest BCUT2D eigenvalue weighted by Gasteiger charge is -2.16. The lowest BCUT2D eigenvalue weighted by molar-refractivity contribution is -0.526. The van der Waals surface area contributed by atoms with Crippen LogP contribution in [0.2, 0.25) is 0 Å². The number of aliphatic hydroxyl groups excluding tert-OH is 1. The van der Waals surface area contributed by atoms with E-state index in [1.54, 1.807) is 0 Å². The summed E-state index contributed by atoms with van der Waals surface area (Å²) in [5.41, 5.74) is 0. The van der Waals surface area contributed by atoms with Crippen molar-refractivity contribution in [3.63, 3.8) is 0 Å². The van der Waals surface area contributed by atoms with Crippen LogP contribution < -0.4 is 0 Å². The topological polar surface area (TPSA) is 107 Å². The quantitative estimate of drug-likeness (QED) is 0.415. The Bertz CT molecular complexity index is 312. The lowest BCUT2D eigenvalue weighted by atomic mass is 9.91. The van der Waals surface area contributed by atoms with Crippen molar-refractivity contribution in [3.05, 3.63) is 20.2 Å². The normalized spacial score (nSPS) is 15.4. The summed E-state index contributed by atoms with van der Waals surface area (Å²) >= 11 is 0. The predicted molar refractivity (Wildman–Crippen MR) is 80.4 cm³/mol. The number of aliphatic hydroxyl groups is 1. The SMILES string of the molecule is CCCCC(CC)CCC(CCC(O)C[N+](=O)[O-])[N+](=O)[O-]. The van der Waals surface area contributed by atoms with Gasteiger partial charge in [-0.15, -0.1) is 0 Å². The van der Waals surface area contributed by atoms with Crippen molar-refractivity contribution in [3.8, 4) is 0 Å². The fourth-order valence-electron chi connectivity index (χ4n) is 2.48. The van der Waals surface area contributed by atoms with E-state index in [1.165, 1.54) is 0 Å². The second-order valence-electron chi connectivity index (χ2n) is 5.68. The molecule has 0 radical (unpaired) electrons. The number of hydrogen-bond donors (Lipinski definition) is 1. The molecular weight excluding hydrogens is 276 g/mol. The van der Waals surface area contributed by atoms with Gasteiger partial charge in [0.25, 0.3) is 0 Å². The zero-order valence-electron chi connectivity index (χ0n) is 13.1. The van der Waals surface area contributed by atoms with Gasteiger partial charge in [0.2, 0.25) is 12.6 Å². The van der Waals surface area contributed by atoms with E-state index >= 15 is 0 Å². The molecule has 0 aromatic rings. The molecule has 0 fully saturated rings. The molecule has 0 saturated heterocycles. The van der Waals surface area contributed by atoms with Crippen molar-refractivity contribution in [1.82, 2.24) is 0 Å². The summed E-state index contributed by atoms with van der Waals surface area (Å²) in [7, 11) is 0. The van der Waals surface area contributed by atoms with Gasteiger partial charge in [0.1, 0.15) is 6.10 Å². The standard InChI is InChI=1S/C14H28N2O5/c1-3-5-6-12(4-2)7-8-13(16(20)21)9-10-14(17)11-15(18)19/h12-14,17H,3-11H2,1-2H3. The molecule has 7 nitrogen and oxygen atoms in total. The first kappa shape index (κ1) is 19.8. The second kappa shape index (κ2) is 11.4. The summed E-state index contributed by atoms with van der Waals surface area (Å²) in [4.78, 5) is 20.4. The van der Waals surface area contributed by atoms with Gasteiger partial charge in [0, 0.05) is 22.7 Å². The van der Waals surface area contributed by atoms with E-state index in [-0.39, 0.29) is 17.8 Å². The average Bonchev–Trinajstić information content (AvgIpc) is 2.40. The largest absolute Gasteiger partial charge is 0.386 e. The van der Waals surface area contributed by atoms with Crippen LogP contribution in [0.25, 0.3) is 0 Å². The van der Waals surface area contributed by atoms with E-state index in [1.807, 2.05) is 0 Å². The first-order chi connectivity index (χ1) is 9.90. The van der Waals surface area contributed by atoms with Crippen LogP contribution in [0.4, 0.5) is 0 Å². The van der Waals surface area contributed by atoms with Gasteiger partial charge in [0.15, 0.2) is 0 Å². The Morgan fingerprint density at radius 1 is 1.00 bits per heavy atom. The summed E-state index contributed by atoms with van der Waals surface area (Å²) in [6, 6.07) is -0.706. The minimum Gasteiger partial charge on any atom is -0.386 e. The Kier molecular flexibility index (Phi) is 10.7. The Hall–Kier alpha value is -1.24. The average molecular weight is 304 g/mol.